The minimum Gasteiger partial charge on any atom is -0.341 e. The fourth-order valence-corrected chi connectivity index (χ4v) is 4.20. The van der Waals surface area contributed by atoms with Crippen LogP contribution in [-0.4, -0.2) is 20.4 Å². The number of nitrogens with zero attached hydrogens (tertiary/aromatic N) is 4. The van der Waals surface area contributed by atoms with Crippen molar-refractivity contribution in [2.75, 3.05) is 0 Å². The quantitative estimate of drug-likeness (QED) is 0.380. The largest absolute Gasteiger partial charge is 0.341 e. The number of halogens is 1. The predicted molar refractivity (Wildman–Crippen MR) is 123 cm³/mol. The molecule has 0 bridgehead atoms. The average Bonchev–Trinajstić information content (AvgIpc) is 2.99. The molecule has 0 saturated heterocycles. The van der Waals surface area contributed by atoms with Gasteiger partial charge < -0.3 is 4.57 Å². The van der Waals surface area contributed by atoms with E-state index in [1.807, 2.05) is 18.2 Å². The number of para-hydroxylation sites is 1. The zero-order chi connectivity index (χ0) is 20.7. The number of rotatable bonds is 4. The van der Waals surface area contributed by atoms with Crippen molar-refractivity contribution in [3.8, 4) is 0 Å². The molecule has 0 saturated carbocycles. The summed E-state index contributed by atoms with van der Waals surface area (Å²) in [6.07, 6.45) is 2.83. The fraction of sp³-hybridized carbons (Fsp3) is 0.261. The van der Waals surface area contributed by atoms with Gasteiger partial charge in [-0.05, 0) is 51.5 Å². The van der Waals surface area contributed by atoms with E-state index in [4.69, 9.17) is 0 Å². The molecule has 0 aliphatic heterocycles. The standard InChI is InChI=1S/C23H23BrN4O/c1-5-14(2)27-15(3)20(18-8-6-7-9-22(18)27)13-25-28-16(4)26-21-11-10-17(24)12-19(21)23(28)29/h6-14H,5H2,1-4H3/t14-/m0/s1. The molecule has 4 aromatic rings. The smallest absolute Gasteiger partial charge is 0.282 e. The first kappa shape index (κ1) is 19.6. The average molecular weight is 451 g/mol. The monoisotopic (exact) mass is 450 g/mol. The Labute approximate surface area is 177 Å². The van der Waals surface area contributed by atoms with Gasteiger partial charge in [0.15, 0.2) is 0 Å². The third kappa shape index (κ3) is 3.31. The minimum atomic E-state index is -0.173. The number of benzene rings is 2. The van der Waals surface area contributed by atoms with Crippen LogP contribution in [-0.2, 0) is 0 Å². The topological polar surface area (TPSA) is 52.2 Å². The first-order valence-electron chi connectivity index (χ1n) is 9.75. The van der Waals surface area contributed by atoms with E-state index in [1.54, 1.807) is 19.2 Å². The molecule has 29 heavy (non-hydrogen) atoms. The normalized spacial score (nSPS) is 13.0. The molecule has 0 spiro atoms. The van der Waals surface area contributed by atoms with Crippen molar-refractivity contribution in [2.24, 2.45) is 5.10 Å². The van der Waals surface area contributed by atoms with E-state index in [9.17, 15) is 4.79 Å². The molecule has 0 fully saturated rings. The van der Waals surface area contributed by atoms with E-state index >= 15 is 0 Å². The van der Waals surface area contributed by atoms with Crippen molar-refractivity contribution in [3.05, 3.63) is 74.4 Å². The summed E-state index contributed by atoms with van der Waals surface area (Å²) >= 11 is 3.43. The van der Waals surface area contributed by atoms with Crippen LogP contribution in [0.2, 0.25) is 0 Å². The second kappa shape index (κ2) is 7.59. The van der Waals surface area contributed by atoms with Gasteiger partial charge in [0.25, 0.3) is 5.56 Å². The maximum Gasteiger partial charge on any atom is 0.282 e. The van der Waals surface area contributed by atoms with Crippen LogP contribution in [0.25, 0.3) is 21.8 Å². The van der Waals surface area contributed by atoms with Gasteiger partial charge in [-0.15, -0.1) is 0 Å². The lowest BCUT2D eigenvalue weighted by Gasteiger charge is -2.15. The Bertz CT molecular complexity index is 1320. The van der Waals surface area contributed by atoms with Gasteiger partial charge in [0, 0.05) is 32.7 Å². The lowest BCUT2D eigenvalue weighted by Crippen LogP contribution is -2.20. The van der Waals surface area contributed by atoms with Crippen molar-refractivity contribution in [2.45, 2.75) is 40.2 Å². The van der Waals surface area contributed by atoms with Crippen LogP contribution in [0.1, 0.15) is 43.4 Å². The molecule has 1 atom stereocenters. The molecule has 0 aliphatic carbocycles. The summed E-state index contributed by atoms with van der Waals surface area (Å²) in [6.45, 7) is 8.32. The summed E-state index contributed by atoms with van der Waals surface area (Å²) in [4.78, 5) is 17.6. The Morgan fingerprint density at radius 2 is 1.93 bits per heavy atom. The minimum absolute atomic E-state index is 0.173. The van der Waals surface area contributed by atoms with Gasteiger partial charge in [-0.2, -0.15) is 9.78 Å². The predicted octanol–water partition coefficient (Wildman–Crippen LogP) is 5.58. The van der Waals surface area contributed by atoms with Gasteiger partial charge in [-0.3, -0.25) is 4.79 Å². The van der Waals surface area contributed by atoms with E-state index in [-0.39, 0.29) is 5.56 Å². The third-order valence-corrected chi connectivity index (χ3v) is 6.00. The van der Waals surface area contributed by atoms with E-state index in [2.05, 4.69) is 69.6 Å². The molecule has 2 heterocycles. The molecule has 5 nitrogen and oxygen atoms in total. The number of aromatic nitrogens is 3. The van der Waals surface area contributed by atoms with E-state index in [1.165, 1.54) is 10.2 Å². The van der Waals surface area contributed by atoms with Crippen molar-refractivity contribution in [1.29, 1.82) is 0 Å². The van der Waals surface area contributed by atoms with E-state index in [0.717, 1.165) is 27.5 Å². The summed E-state index contributed by atoms with van der Waals surface area (Å²) < 4.78 is 4.57. The van der Waals surface area contributed by atoms with Crippen LogP contribution in [0.3, 0.4) is 0 Å². The van der Waals surface area contributed by atoms with Crippen LogP contribution in [0.5, 0.6) is 0 Å². The second-order valence-electron chi connectivity index (χ2n) is 7.33. The number of hydrogen-bond acceptors (Lipinski definition) is 3. The number of fused-ring (bicyclic) bond motifs is 2. The van der Waals surface area contributed by atoms with Crippen LogP contribution in [0, 0.1) is 13.8 Å². The van der Waals surface area contributed by atoms with Gasteiger partial charge in [-0.25, -0.2) is 4.98 Å². The highest BCUT2D eigenvalue weighted by atomic mass is 79.9. The van der Waals surface area contributed by atoms with Crippen LogP contribution >= 0.6 is 15.9 Å². The molecule has 0 N–H and O–H groups in total. The highest BCUT2D eigenvalue weighted by molar-refractivity contribution is 9.10. The highest BCUT2D eigenvalue weighted by Crippen LogP contribution is 2.29. The molecule has 2 aromatic carbocycles. The van der Waals surface area contributed by atoms with Gasteiger partial charge in [0.05, 0.1) is 17.1 Å². The molecule has 0 aliphatic rings. The van der Waals surface area contributed by atoms with Gasteiger partial charge in [0.2, 0.25) is 0 Å². The summed E-state index contributed by atoms with van der Waals surface area (Å²) in [5.74, 6) is 0.560. The Balaban J connectivity index is 1.90. The molecule has 148 valence electrons. The molecule has 0 radical (unpaired) electrons. The molecular formula is C23H23BrN4O. The maximum absolute atomic E-state index is 13.0. The molecule has 2 aromatic heterocycles. The van der Waals surface area contributed by atoms with Gasteiger partial charge >= 0.3 is 0 Å². The zero-order valence-electron chi connectivity index (χ0n) is 17.0. The second-order valence-corrected chi connectivity index (χ2v) is 8.24. The molecule has 0 amide bonds. The lowest BCUT2D eigenvalue weighted by molar-refractivity contribution is 0.537. The summed E-state index contributed by atoms with van der Waals surface area (Å²) in [5, 5.41) is 6.23. The lowest BCUT2D eigenvalue weighted by atomic mass is 10.1. The fourth-order valence-electron chi connectivity index (χ4n) is 3.84. The Morgan fingerprint density at radius 1 is 1.17 bits per heavy atom. The Kier molecular flexibility index (Phi) is 5.13. The first-order chi connectivity index (χ1) is 13.9. The molecule has 0 unspecified atom stereocenters. The zero-order valence-corrected chi connectivity index (χ0v) is 18.6. The summed E-state index contributed by atoms with van der Waals surface area (Å²) in [7, 11) is 0. The van der Waals surface area contributed by atoms with E-state index in [0.29, 0.717) is 22.8 Å². The Hall–Kier alpha value is -2.73. The number of hydrogen-bond donors (Lipinski definition) is 0. The first-order valence-corrected chi connectivity index (χ1v) is 10.5. The third-order valence-electron chi connectivity index (χ3n) is 5.51. The van der Waals surface area contributed by atoms with Crippen LogP contribution in [0.15, 0.2) is 56.8 Å². The van der Waals surface area contributed by atoms with E-state index < -0.39 is 0 Å². The van der Waals surface area contributed by atoms with Crippen molar-refractivity contribution in [3.63, 3.8) is 0 Å². The van der Waals surface area contributed by atoms with Crippen molar-refractivity contribution in [1.82, 2.24) is 14.2 Å². The van der Waals surface area contributed by atoms with Crippen molar-refractivity contribution < 1.29 is 0 Å². The van der Waals surface area contributed by atoms with Crippen LogP contribution < -0.4 is 5.56 Å². The van der Waals surface area contributed by atoms with Gasteiger partial charge in [-0.1, -0.05) is 41.1 Å². The summed E-state index contributed by atoms with van der Waals surface area (Å²) in [5.41, 5.74) is 3.86. The number of aryl methyl sites for hydroxylation is 1. The van der Waals surface area contributed by atoms with Gasteiger partial charge in [0.1, 0.15) is 5.82 Å². The SMILES string of the molecule is CC[C@H](C)n1c(C)c(C=Nn2c(C)nc3ccc(Br)cc3c2=O)c2ccccc21. The Morgan fingerprint density at radius 3 is 2.69 bits per heavy atom. The molecule has 6 heteroatoms. The molecule has 4 rings (SSSR count). The van der Waals surface area contributed by atoms with Crippen molar-refractivity contribution >= 4 is 44.0 Å². The highest BCUT2D eigenvalue weighted by Gasteiger charge is 2.16. The van der Waals surface area contributed by atoms with Crippen LogP contribution in [0.4, 0.5) is 0 Å². The molecular weight excluding hydrogens is 428 g/mol. The maximum atomic E-state index is 13.0. The summed E-state index contributed by atoms with van der Waals surface area (Å²) in [6, 6.07) is 14.2.